The fraction of sp³-hybridized carbons (Fsp3) is 0.500. The van der Waals surface area contributed by atoms with Gasteiger partial charge in [0.1, 0.15) is 5.75 Å². The molecular weight excluding hydrogens is 401 g/mol. The minimum absolute atomic E-state index is 0.276. The van der Waals surface area contributed by atoms with Gasteiger partial charge in [-0.3, -0.25) is 0 Å². The average molecular weight is 433 g/mol. The van der Waals surface area contributed by atoms with Gasteiger partial charge < -0.3 is 4.74 Å². The molecule has 0 aromatic heterocycles. The lowest BCUT2D eigenvalue weighted by Crippen LogP contribution is -2.21. The molecule has 3 rings (SSSR count). The van der Waals surface area contributed by atoms with Crippen molar-refractivity contribution in [2.45, 2.75) is 65.2 Å². The van der Waals surface area contributed by atoms with E-state index >= 15 is 0 Å². The Kier molecular flexibility index (Phi) is 8.16. The van der Waals surface area contributed by atoms with Crippen molar-refractivity contribution in [3.8, 4) is 5.75 Å². The van der Waals surface area contributed by atoms with Crippen LogP contribution in [0.3, 0.4) is 0 Å². The van der Waals surface area contributed by atoms with E-state index in [4.69, 9.17) is 4.74 Å². The highest BCUT2D eigenvalue weighted by atomic mass is 19.2. The summed E-state index contributed by atoms with van der Waals surface area (Å²) in [5.74, 6) is -3.27. The second kappa shape index (κ2) is 10.8. The van der Waals surface area contributed by atoms with Crippen molar-refractivity contribution in [2.24, 2.45) is 17.8 Å². The molecule has 0 radical (unpaired) electrons. The highest BCUT2D eigenvalue weighted by Crippen LogP contribution is 2.36. The highest BCUT2D eigenvalue weighted by molar-refractivity contribution is 5.91. The molecule has 2 aromatic carbocycles. The molecule has 2 aromatic rings. The third kappa shape index (κ3) is 6.34. The van der Waals surface area contributed by atoms with Gasteiger partial charge in [-0.05, 0) is 54.7 Å². The van der Waals surface area contributed by atoms with Gasteiger partial charge in [0.2, 0.25) is 0 Å². The molecule has 0 saturated heterocycles. The molecule has 0 bridgehead atoms. The Bertz CT molecular complexity index is 848. The lowest BCUT2D eigenvalue weighted by Gasteiger charge is -2.32. The van der Waals surface area contributed by atoms with Crippen LogP contribution < -0.4 is 4.74 Å². The Morgan fingerprint density at radius 3 is 2.23 bits per heavy atom. The van der Waals surface area contributed by atoms with Crippen LogP contribution in [0.2, 0.25) is 0 Å². The molecule has 168 valence electrons. The van der Waals surface area contributed by atoms with Crippen LogP contribution >= 0.6 is 0 Å². The van der Waals surface area contributed by atoms with Gasteiger partial charge in [-0.15, -0.1) is 0 Å². The number of hydrogen-bond donors (Lipinski definition) is 0. The third-order valence-electron chi connectivity index (χ3n) is 6.58. The standard InChI is InChI=1S/C26H31F3O2/c1-3-4-5-18-6-10-20(11-7-18)17(2)14-19-8-12-21(13-9-19)26(30)31-22-15-23(27)25(29)24(28)16-22/h8-9,12-13,15-18,20H,3-7,10-11,14H2,1-2H3. The van der Waals surface area contributed by atoms with E-state index in [1.54, 1.807) is 12.1 Å². The molecular formula is C26H31F3O2. The summed E-state index contributed by atoms with van der Waals surface area (Å²) in [4.78, 5) is 12.2. The zero-order valence-electron chi connectivity index (χ0n) is 18.3. The largest absolute Gasteiger partial charge is 0.423 e. The summed E-state index contributed by atoms with van der Waals surface area (Å²) in [5, 5.41) is 0. The molecule has 0 N–H and O–H groups in total. The van der Waals surface area contributed by atoms with Crippen molar-refractivity contribution in [3.05, 3.63) is 65.0 Å². The number of hydrogen-bond acceptors (Lipinski definition) is 2. The van der Waals surface area contributed by atoms with Crippen LogP contribution in [-0.4, -0.2) is 5.97 Å². The Morgan fingerprint density at radius 2 is 1.65 bits per heavy atom. The molecule has 5 heteroatoms. The molecule has 2 nitrogen and oxygen atoms in total. The first-order valence-electron chi connectivity index (χ1n) is 11.3. The van der Waals surface area contributed by atoms with Crippen LogP contribution in [0.4, 0.5) is 13.2 Å². The Morgan fingerprint density at radius 1 is 1.03 bits per heavy atom. The van der Waals surface area contributed by atoms with Crippen LogP contribution in [-0.2, 0) is 6.42 Å². The summed E-state index contributed by atoms with van der Waals surface area (Å²) >= 11 is 0. The minimum atomic E-state index is -1.59. The summed E-state index contributed by atoms with van der Waals surface area (Å²) < 4.78 is 44.6. The molecule has 0 aliphatic heterocycles. The summed E-state index contributed by atoms with van der Waals surface area (Å²) in [6, 6.07) is 8.41. The smallest absolute Gasteiger partial charge is 0.343 e. The van der Waals surface area contributed by atoms with Crippen molar-refractivity contribution >= 4 is 5.97 Å². The third-order valence-corrected chi connectivity index (χ3v) is 6.58. The first-order chi connectivity index (χ1) is 14.9. The minimum Gasteiger partial charge on any atom is -0.423 e. The Balaban J connectivity index is 1.52. The molecule has 1 unspecified atom stereocenters. The lowest BCUT2D eigenvalue weighted by molar-refractivity contribution is 0.0733. The van der Waals surface area contributed by atoms with Crippen LogP contribution in [0.15, 0.2) is 36.4 Å². The zero-order chi connectivity index (χ0) is 22.4. The predicted molar refractivity (Wildman–Crippen MR) is 116 cm³/mol. The van der Waals surface area contributed by atoms with Gasteiger partial charge in [-0.2, -0.15) is 0 Å². The molecule has 1 aliphatic rings. The maximum absolute atomic E-state index is 13.3. The van der Waals surface area contributed by atoms with Crippen molar-refractivity contribution in [1.29, 1.82) is 0 Å². The van der Waals surface area contributed by atoms with Crippen LogP contribution in [0.5, 0.6) is 5.75 Å². The van der Waals surface area contributed by atoms with Gasteiger partial charge in [-0.25, -0.2) is 18.0 Å². The molecule has 0 spiro atoms. The van der Waals surface area contributed by atoms with Gasteiger partial charge in [0.15, 0.2) is 17.5 Å². The SMILES string of the molecule is CCCCC1CCC(C(C)Cc2ccc(C(=O)Oc3cc(F)c(F)c(F)c3)cc2)CC1. The number of rotatable bonds is 8. The van der Waals surface area contributed by atoms with E-state index in [0.29, 0.717) is 18.1 Å². The molecule has 0 heterocycles. The summed E-state index contributed by atoms with van der Waals surface area (Å²) in [7, 11) is 0. The topological polar surface area (TPSA) is 26.3 Å². The van der Waals surface area contributed by atoms with E-state index in [2.05, 4.69) is 13.8 Å². The predicted octanol–water partition coefficient (Wildman–Crippen LogP) is 7.50. The van der Waals surface area contributed by atoms with E-state index < -0.39 is 23.4 Å². The number of carbonyl (C=O) groups is 1. The van der Waals surface area contributed by atoms with E-state index in [9.17, 15) is 18.0 Å². The fourth-order valence-electron chi connectivity index (χ4n) is 4.61. The second-order valence-corrected chi connectivity index (χ2v) is 8.89. The molecule has 1 aliphatic carbocycles. The normalized spacial score (nSPS) is 19.8. The first-order valence-corrected chi connectivity index (χ1v) is 11.3. The zero-order valence-corrected chi connectivity index (χ0v) is 18.3. The monoisotopic (exact) mass is 432 g/mol. The molecule has 1 saturated carbocycles. The maximum atomic E-state index is 13.3. The maximum Gasteiger partial charge on any atom is 0.343 e. The molecule has 0 amide bonds. The number of unbranched alkanes of at least 4 members (excludes halogenated alkanes) is 1. The Hall–Kier alpha value is -2.30. The number of esters is 1. The van der Waals surface area contributed by atoms with Gasteiger partial charge in [0.05, 0.1) is 5.56 Å². The molecule has 31 heavy (non-hydrogen) atoms. The van der Waals surface area contributed by atoms with Crippen molar-refractivity contribution in [3.63, 3.8) is 0 Å². The summed E-state index contributed by atoms with van der Waals surface area (Å²) in [5.41, 5.74) is 1.43. The van der Waals surface area contributed by atoms with E-state index in [-0.39, 0.29) is 11.3 Å². The fourth-order valence-corrected chi connectivity index (χ4v) is 4.61. The number of carbonyl (C=O) groups excluding carboxylic acids is 1. The van der Waals surface area contributed by atoms with Crippen molar-refractivity contribution < 1.29 is 22.7 Å². The average Bonchev–Trinajstić information content (AvgIpc) is 2.76. The van der Waals surface area contributed by atoms with E-state index in [1.807, 2.05) is 12.1 Å². The molecule has 1 atom stereocenters. The highest BCUT2D eigenvalue weighted by Gasteiger charge is 2.25. The quantitative estimate of drug-likeness (QED) is 0.245. The van der Waals surface area contributed by atoms with Gasteiger partial charge in [0, 0.05) is 12.1 Å². The summed E-state index contributed by atoms with van der Waals surface area (Å²) in [6.45, 7) is 4.55. The Labute approximate surface area is 182 Å². The van der Waals surface area contributed by atoms with Gasteiger partial charge in [-0.1, -0.05) is 58.1 Å². The second-order valence-electron chi connectivity index (χ2n) is 8.89. The van der Waals surface area contributed by atoms with Crippen molar-refractivity contribution in [1.82, 2.24) is 0 Å². The van der Waals surface area contributed by atoms with E-state index in [1.165, 1.54) is 44.9 Å². The van der Waals surface area contributed by atoms with Crippen LogP contribution in [0, 0.1) is 35.2 Å². The first kappa shape index (κ1) is 23.4. The van der Waals surface area contributed by atoms with Gasteiger partial charge in [0.25, 0.3) is 0 Å². The van der Waals surface area contributed by atoms with Crippen LogP contribution in [0.1, 0.15) is 74.7 Å². The van der Waals surface area contributed by atoms with Gasteiger partial charge >= 0.3 is 5.97 Å². The number of halogens is 3. The van der Waals surface area contributed by atoms with Crippen LogP contribution in [0.25, 0.3) is 0 Å². The number of ether oxygens (including phenoxy) is 1. The number of benzene rings is 2. The summed E-state index contributed by atoms with van der Waals surface area (Å²) in [6.07, 6.45) is 10.2. The lowest BCUT2D eigenvalue weighted by atomic mass is 9.73. The molecule has 1 fully saturated rings. The van der Waals surface area contributed by atoms with E-state index in [0.717, 1.165) is 23.8 Å². The van der Waals surface area contributed by atoms with Crippen molar-refractivity contribution in [2.75, 3.05) is 0 Å².